The molecule has 0 radical (unpaired) electrons. The highest BCUT2D eigenvalue weighted by Crippen LogP contribution is 2.60. The SMILES string of the molecule is COc1ccc(-c2csc(NC(=O)C34CC5CC(CC(C5)C3)C4)n2)cc1. The molecule has 4 saturated carbocycles. The maximum absolute atomic E-state index is 13.1. The van der Waals surface area contributed by atoms with Crippen LogP contribution in [0.4, 0.5) is 5.13 Å². The van der Waals surface area contributed by atoms with Gasteiger partial charge in [0, 0.05) is 10.9 Å². The Morgan fingerprint density at radius 3 is 2.31 bits per heavy atom. The molecule has 4 bridgehead atoms. The maximum atomic E-state index is 13.1. The van der Waals surface area contributed by atoms with Gasteiger partial charge in [0.05, 0.1) is 18.2 Å². The summed E-state index contributed by atoms with van der Waals surface area (Å²) >= 11 is 1.51. The van der Waals surface area contributed by atoms with Crippen molar-refractivity contribution in [3.63, 3.8) is 0 Å². The van der Waals surface area contributed by atoms with Gasteiger partial charge in [-0.3, -0.25) is 4.79 Å². The van der Waals surface area contributed by atoms with Gasteiger partial charge in [-0.15, -0.1) is 11.3 Å². The summed E-state index contributed by atoms with van der Waals surface area (Å²) in [5.74, 6) is 3.38. The van der Waals surface area contributed by atoms with E-state index in [1.165, 1.54) is 30.6 Å². The number of ether oxygens (including phenoxy) is 1. The lowest BCUT2D eigenvalue weighted by Gasteiger charge is -2.55. The number of nitrogens with one attached hydrogen (secondary N) is 1. The summed E-state index contributed by atoms with van der Waals surface area (Å²) in [6.07, 6.45) is 7.31. The van der Waals surface area contributed by atoms with Crippen molar-refractivity contribution in [1.29, 1.82) is 0 Å². The quantitative estimate of drug-likeness (QED) is 0.828. The Hall–Kier alpha value is -1.88. The third-order valence-corrected chi connectivity index (χ3v) is 7.39. The Labute approximate surface area is 158 Å². The minimum absolute atomic E-state index is 0.124. The van der Waals surface area contributed by atoms with Crippen molar-refractivity contribution in [2.45, 2.75) is 38.5 Å². The summed E-state index contributed by atoms with van der Waals surface area (Å²) in [5, 5.41) is 5.89. The van der Waals surface area contributed by atoms with E-state index in [9.17, 15) is 4.79 Å². The highest BCUT2D eigenvalue weighted by molar-refractivity contribution is 7.14. The number of thiazole rings is 1. The van der Waals surface area contributed by atoms with Crippen molar-refractivity contribution >= 4 is 22.4 Å². The fourth-order valence-corrected chi connectivity index (χ4v) is 6.56. The van der Waals surface area contributed by atoms with Crippen molar-refractivity contribution in [3.8, 4) is 17.0 Å². The van der Waals surface area contributed by atoms with Crippen LogP contribution in [0.1, 0.15) is 38.5 Å². The van der Waals surface area contributed by atoms with E-state index in [0.717, 1.165) is 59.2 Å². The molecule has 4 aliphatic carbocycles. The molecule has 5 heteroatoms. The van der Waals surface area contributed by atoms with Gasteiger partial charge in [-0.2, -0.15) is 0 Å². The number of carbonyl (C=O) groups is 1. The first-order valence-electron chi connectivity index (χ1n) is 9.55. The first-order valence-corrected chi connectivity index (χ1v) is 10.4. The van der Waals surface area contributed by atoms with Crippen molar-refractivity contribution < 1.29 is 9.53 Å². The van der Waals surface area contributed by atoms with Crippen molar-refractivity contribution in [2.75, 3.05) is 12.4 Å². The van der Waals surface area contributed by atoms with Crippen LogP contribution in [0.25, 0.3) is 11.3 Å². The molecule has 1 aromatic heterocycles. The predicted molar refractivity (Wildman–Crippen MR) is 103 cm³/mol. The molecular weight excluding hydrogens is 344 g/mol. The van der Waals surface area contributed by atoms with Crippen LogP contribution < -0.4 is 10.1 Å². The largest absolute Gasteiger partial charge is 0.497 e. The third-order valence-electron chi connectivity index (χ3n) is 6.63. The molecular formula is C21H24N2O2S. The molecule has 1 heterocycles. The molecule has 4 nitrogen and oxygen atoms in total. The lowest BCUT2D eigenvalue weighted by atomic mass is 9.49. The van der Waals surface area contributed by atoms with Gasteiger partial charge in [0.25, 0.3) is 0 Å². The van der Waals surface area contributed by atoms with E-state index in [2.05, 4.69) is 10.3 Å². The Morgan fingerprint density at radius 1 is 1.12 bits per heavy atom. The van der Waals surface area contributed by atoms with E-state index in [4.69, 9.17) is 4.74 Å². The van der Waals surface area contributed by atoms with Crippen molar-refractivity contribution in [1.82, 2.24) is 4.98 Å². The standard InChI is InChI=1S/C21H24N2O2S/c1-25-17-4-2-16(3-5-17)18-12-26-20(22-18)23-19(24)21-9-13-6-14(10-21)8-15(7-13)11-21/h2-5,12-15H,6-11H2,1H3,(H,22,23,24). The lowest BCUT2D eigenvalue weighted by Crippen LogP contribution is -2.51. The number of hydrogen-bond donors (Lipinski definition) is 1. The van der Waals surface area contributed by atoms with E-state index in [1.54, 1.807) is 7.11 Å². The Morgan fingerprint density at radius 2 is 1.73 bits per heavy atom. The summed E-state index contributed by atoms with van der Waals surface area (Å²) in [6.45, 7) is 0. The van der Waals surface area contributed by atoms with Crippen molar-refractivity contribution in [2.24, 2.45) is 23.2 Å². The fraction of sp³-hybridized carbons (Fsp3) is 0.524. The summed E-state index contributed by atoms with van der Waals surface area (Å²) in [4.78, 5) is 17.8. The number of methoxy groups -OCH3 is 1. The molecule has 0 aliphatic heterocycles. The molecule has 1 amide bonds. The number of nitrogens with zero attached hydrogens (tertiary/aromatic N) is 1. The van der Waals surface area contributed by atoms with Crippen LogP contribution in [-0.2, 0) is 4.79 Å². The van der Waals surface area contributed by atoms with Crippen LogP contribution in [0.3, 0.4) is 0 Å². The molecule has 4 fully saturated rings. The third kappa shape index (κ3) is 2.73. The molecule has 0 spiro atoms. The number of amides is 1. The van der Waals surface area contributed by atoms with Gasteiger partial charge in [0.1, 0.15) is 5.75 Å². The van der Waals surface area contributed by atoms with E-state index in [1.807, 2.05) is 29.6 Å². The van der Waals surface area contributed by atoms with Gasteiger partial charge < -0.3 is 10.1 Å². The Balaban J connectivity index is 1.32. The number of aromatic nitrogens is 1. The monoisotopic (exact) mass is 368 g/mol. The summed E-state index contributed by atoms with van der Waals surface area (Å²) in [7, 11) is 1.66. The van der Waals surface area contributed by atoms with Crippen LogP contribution in [0, 0.1) is 23.2 Å². The molecule has 4 aliphatic rings. The number of benzene rings is 1. The number of anilines is 1. The van der Waals surface area contributed by atoms with Crippen LogP contribution in [0.5, 0.6) is 5.75 Å². The minimum Gasteiger partial charge on any atom is -0.497 e. The number of carbonyl (C=O) groups excluding carboxylic acids is 1. The normalized spacial score (nSPS) is 31.8. The van der Waals surface area contributed by atoms with Gasteiger partial charge in [0.2, 0.25) is 5.91 Å². The molecule has 1 N–H and O–H groups in total. The molecule has 0 unspecified atom stereocenters. The molecule has 2 aromatic rings. The van der Waals surface area contributed by atoms with Gasteiger partial charge in [-0.05, 0) is 80.5 Å². The van der Waals surface area contributed by atoms with Crippen molar-refractivity contribution in [3.05, 3.63) is 29.6 Å². The highest BCUT2D eigenvalue weighted by Gasteiger charge is 2.54. The molecule has 136 valence electrons. The summed E-state index contributed by atoms with van der Waals surface area (Å²) < 4.78 is 5.21. The van der Waals surface area contributed by atoms with E-state index < -0.39 is 0 Å². The smallest absolute Gasteiger partial charge is 0.232 e. The number of rotatable bonds is 4. The average molecular weight is 369 g/mol. The Bertz CT molecular complexity index is 792. The van der Waals surface area contributed by atoms with E-state index in [-0.39, 0.29) is 11.3 Å². The maximum Gasteiger partial charge on any atom is 0.232 e. The topological polar surface area (TPSA) is 51.2 Å². The zero-order valence-electron chi connectivity index (χ0n) is 15.0. The fourth-order valence-electron chi connectivity index (χ4n) is 5.84. The van der Waals surface area contributed by atoms with Crippen LogP contribution in [0.2, 0.25) is 0 Å². The second-order valence-corrected chi connectivity index (χ2v) is 9.28. The average Bonchev–Trinajstić information content (AvgIpc) is 3.09. The van der Waals surface area contributed by atoms with Crippen LogP contribution in [-0.4, -0.2) is 18.0 Å². The lowest BCUT2D eigenvalue weighted by molar-refractivity contribution is -0.140. The molecule has 1 aromatic carbocycles. The van der Waals surface area contributed by atoms with Gasteiger partial charge in [-0.1, -0.05) is 0 Å². The first-order chi connectivity index (χ1) is 12.6. The van der Waals surface area contributed by atoms with Crippen LogP contribution >= 0.6 is 11.3 Å². The zero-order chi connectivity index (χ0) is 17.7. The van der Waals surface area contributed by atoms with Gasteiger partial charge in [-0.25, -0.2) is 4.98 Å². The van der Waals surface area contributed by atoms with E-state index in [0.29, 0.717) is 0 Å². The summed E-state index contributed by atoms with van der Waals surface area (Å²) in [6, 6.07) is 7.86. The van der Waals surface area contributed by atoms with Gasteiger partial charge in [0.15, 0.2) is 5.13 Å². The van der Waals surface area contributed by atoms with Crippen LogP contribution in [0.15, 0.2) is 29.6 Å². The molecule has 0 atom stereocenters. The number of hydrogen-bond acceptors (Lipinski definition) is 4. The second-order valence-electron chi connectivity index (χ2n) is 8.42. The summed E-state index contributed by atoms with van der Waals surface area (Å²) in [5.41, 5.74) is 1.82. The first kappa shape index (κ1) is 16.3. The Kier molecular flexibility index (Phi) is 3.82. The highest BCUT2D eigenvalue weighted by atomic mass is 32.1. The zero-order valence-corrected chi connectivity index (χ0v) is 15.8. The second kappa shape index (κ2) is 6.08. The minimum atomic E-state index is -0.124. The predicted octanol–water partition coefficient (Wildman–Crippen LogP) is 4.97. The molecule has 26 heavy (non-hydrogen) atoms. The molecule has 6 rings (SSSR count). The molecule has 0 saturated heterocycles. The van der Waals surface area contributed by atoms with E-state index >= 15 is 0 Å². The van der Waals surface area contributed by atoms with Gasteiger partial charge >= 0.3 is 0 Å².